The second-order valence-corrected chi connectivity index (χ2v) is 4.62. The van der Waals surface area contributed by atoms with Crippen LogP contribution in [0.4, 0.5) is 0 Å². The average molecular weight is 257 g/mol. The molecule has 0 amide bonds. The van der Waals surface area contributed by atoms with E-state index in [0.717, 1.165) is 11.1 Å². The summed E-state index contributed by atoms with van der Waals surface area (Å²) in [5, 5.41) is 4.17. The van der Waals surface area contributed by atoms with E-state index in [1.807, 2.05) is 19.1 Å². The Morgan fingerprint density at radius 1 is 1.38 bits per heavy atom. The molecule has 2 rings (SSSR count). The second kappa shape index (κ2) is 4.44. The minimum absolute atomic E-state index is 0.267. The van der Waals surface area contributed by atoms with Gasteiger partial charge in [-0.2, -0.15) is 4.98 Å². The highest BCUT2D eigenvalue weighted by molar-refractivity contribution is 6.30. The van der Waals surface area contributed by atoms with Crippen LogP contribution in [0.5, 0.6) is 0 Å². The van der Waals surface area contributed by atoms with Crippen LogP contribution in [0, 0.1) is 6.92 Å². The van der Waals surface area contributed by atoms with Gasteiger partial charge in [-0.3, -0.25) is 0 Å². The van der Waals surface area contributed by atoms with Gasteiger partial charge in [-0.05, 0) is 31.5 Å². The van der Waals surface area contributed by atoms with Gasteiger partial charge in [0.25, 0.3) is 5.89 Å². The molecular formula is C11H10Cl2N2O. The fourth-order valence-corrected chi connectivity index (χ4v) is 1.59. The van der Waals surface area contributed by atoms with Crippen molar-refractivity contribution in [1.29, 1.82) is 0 Å². The molecule has 1 heterocycles. The molecule has 0 spiro atoms. The molecule has 3 nitrogen and oxygen atoms in total. The Balaban J connectivity index is 2.46. The van der Waals surface area contributed by atoms with Gasteiger partial charge in [-0.1, -0.05) is 22.8 Å². The maximum atomic E-state index is 5.92. The van der Waals surface area contributed by atoms with E-state index in [1.165, 1.54) is 0 Å². The van der Waals surface area contributed by atoms with E-state index in [2.05, 4.69) is 10.1 Å². The van der Waals surface area contributed by atoms with Crippen LogP contribution >= 0.6 is 23.2 Å². The van der Waals surface area contributed by atoms with Crippen molar-refractivity contribution in [2.45, 2.75) is 19.2 Å². The van der Waals surface area contributed by atoms with Crippen molar-refractivity contribution in [2.24, 2.45) is 0 Å². The Bertz CT molecular complexity index is 508. The first-order valence-electron chi connectivity index (χ1n) is 4.82. The van der Waals surface area contributed by atoms with Crippen LogP contribution < -0.4 is 0 Å². The quantitative estimate of drug-likeness (QED) is 0.763. The molecule has 0 bridgehead atoms. The zero-order chi connectivity index (χ0) is 11.7. The van der Waals surface area contributed by atoms with E-state index in [1.54, 1.807) is 13.0 Å². The van der Waals surface area contributed by atoms with Crippen LogP contribution in [0.15, 0.2) is 22.7 Å². The third-order valence-electron chi connectivity index (χ3n) is 2.23. The topological polar surface area (TPSA) is 38.9 Å². The van der Waals surface area contributed by atoms with Crippen molar-refractivity contribution >= 4 is 23.2 Å². The molecule has 1 aromatic heterocycles. The van der Waals surface area contributed by atoms with E-state index >= 15 is 0 Å². The minimum atomic E-state index is -0.267. The predicted molar refractivity (Wildman–Crippen MR) is 63.7 cm³/mol. The average Bonchev–Trinajstić information content (AvgIpc) is 2.70. The van der Waals surface area contributed by atoms with Gasteiger partial charge in [0.1, 0.15) is 0 Å². The summed E-state index contributed by atoms with van der Waals surface area (Å²) in [6.45, 7) is 3.75. The van der Waals surface area contributed by atoms with Crippen molar-refractivity contribution in [3.05, 3.63) is 34.6 Å². The van der Waals surface area contributed by atoms with Crippen molar-refractivity contribution in [3.8, 4) is 11.5 Å². The standard InChI is InChI=1S/C11H10Cl2N2O/c1-6-3-4-8(13)5-9(6)11-14-10(7(2)12)15-16-11/h3-5,7H,1-2H3. The van der Waals surface area contributed by atoms with Gasteiger partial charge >= 0.3 is 0 Å². The number of aromatic nitrogens is 2. The highest BCUT2D eigenvalue weighted by Gasteiger charge is 2.14. The normalized spacial score (nSPS) is 12.8. The lowest BCUT2D eigenvalue weighted by Gasteiger charge is -2.00. The van der Waals surface area contributed by atoms with Gasteiger partial charge in [0.05, 0.1) is 5.38 Å². The molecule has 16 heavy (non-hydrogen) atoms. The van der Waals surface area contributed by atoms with Gasteiger partial charge in [0, 0.05) is 10.6 Å². The predicted octanol–water partition coefficient (Wildman–Crippen LogP) is 4.00. The Hall–Kier alpha value is -1.06. The lowest BCUT2D eigenvalue weighted by molar-refractivity contribution is 0.422. The van der Waals surface area contributed by atoms with Crippen LogP contribution in [0.3, 0.4) is 0 Å². The van der Waals surface area contributed by atoms with Gasteiger partial charge in [0.2, 0.25) is 0 Å². The molecule has 1 unspecified atom stereocenters. The third-order valence-corrected chi connectivity index (χ3v) is 2.66. The molecule has 0 aliphatic heterocycles. The minimum Gasteiger partial charge on any atom is -0.334 e. The zero-order valence-corrected chi connectivity index (χ0v) is 10.4. The zero-order valence-electron chi connectivity index (χ0n) is 8.87. The first kappa shape index (κ1) is 11.4. The molecule has 0 radical (unpaired) electrons. The molecule has 1 aromatic carbocycles. The fraction of sp³-hybridized carbons (Fsp3) is 0.273. The number of hydrogen-bond donors (Lipinski definition) is 0. The van der Waals surface area contributed by atoms with Crippen LogP contribution in [0.1, 0.15) is 23.7 Å². The Kier molecular flexibility index (Phi) is 3.17. The molecule has 0 aliphatic carbocycles. The van der Waals surface area contributed by atoms with Gasteiger partial charge in [0.15, 0.2) is 5.82 Å². The summed E-state index contributed by atoms with van der Waals surface area (Å²) < 4.78 is 5.14. The number of rotatable bonds is 2. The van der Waals surface area contributed by atoms with Crippen LogP contribution in [-0.2, 0) is 0 Å². The van der Waals surface area contributed by atoms with Crippen LogP contribution in [-0.4, -0.2) is 10.1 Å². The number of nitrogens with zero attached hydrogens (tertiary/aromatic N) is 2. The summed E-state index contributed by atoms with van der Waals surface area (Å²) in [6, 6.07) is 5.53. The fourth-order valence-electron chi connectivity index (χ4n) is 1.33. The first-order chi connectivity index (χ1) is 7.58. The molecule has 0 fully saturated rings. The lowest BCUT2D eigenvalue weighted by Crippen LogP contribution is -1.87. The van der Waals surface area contributed by atoms with Crippen molar-refractivity contribution in [2.75, 3.05) is 0 Å². The maximum absolute atomic E-state index is 5.92. The Morgan fingerprint density at radius 2 is 2.12 bits per heavy atom. The van der Waals surface area contributed by atoms with Crippen molar-refractivity contribution in [1.82, 2.24) is 10.1 Å². The molecule has 0 saturated carbocycles. The van der Waals surface area contributed by atoms with E-state index in [4.69, 9.17) is 27.7 Å². The monoisotopic (exact) mass is 256 g/mol. The van der Waals surface area contributed by atoms with Crippen LogP contribution in [0.25, 0.3) is 11.5 Å². The summed E-state index contributed by atoms with van der Waals surface area (Å²) >= 11 is 11.8. The SMILES string of the molecule is Cc1ccc(Cl)cc1-c1nc(C(C)Cl)no1. The van der Waals surface area contributed by atoms with E-state index in [0.29, 0.717) is 16.7 Å². The van der Waals surface area contributed by atoms with Crippen molar-refractivity contribution in [3.63, 3.8) is 0 Å². The highest BCUT2D eigenvalue weighted by Crippen LogP contribution is 2.26. The molecule has 2 aromatic rings. The van der Waals surface area contributed by atoms with Gasteiger partial charge in [-0.25, -0.2) is 0 Å². The molecule has 0 N–H and O–H groups in total. The van der Waals surface area contributed by atoms with Crippen molar-refractivity contribution < 1.29 is 4.52 Å². The summed E-state index contributed by atoms with van der Waals surface area (Å²) in [5.74, 6) is 0.929. The molecule has 0 saturated heterocycles. The Morgan fingerprint density at radius 3 is 2.75 bits per heavy atom. The molecule has 84 valence electrons. The molecule has 1 atom stereocenters. The Labute approximate surface area is 103 Å². The second-order valence-electron chi connectivity index (χ2n) is 3.53. The first-order valence-corrected chi connectivity index (χ1v) is 5.63. The molecular weight excluding hydrogens is 247 g/mol. The van der Waals surface area contributed by atoms with Crippen LogP contribution in [0.2, 0.25) is 5.02 Å². The number of hydrogen-bond acceptors (Lipinski definition) is 3. The van der Waals surface area contributed by atoms with E-state index < -0.39 is 0 Å². The number of benzene rings is 1. The maximum Gasteiger partial charge on any atom is 0.258 e. The van der Waals surface area contributed by atoms with E-state index in [9.17, 15) is 0 Å². The number of alkyl halides is 1. The summed E-state index contributed by atoms with van der Waals surface area (Å²) in [4.78, 5) is 4.21. The number of halogens is 2. The highest BCUT2D eigenvalue weighted by atomic mass is 35.5. The summed E-state index contributed by atoms with van der Waals surface area (Å²) in [5.41, 5.74) is 1.87. The largest absolute Gasteiger partial charge is 0.334 e. The molecule has 0 aliphatic rings. The smallest absolute Gasteiger partial charge is 0.258 e. The third kappa shape index (κ3) is 2.20. The van der Waals surface area contributed by atoms with E-state index in [-0.39, 0.29) is 5.38 Å². The molecule has 5 heteroatoms. The lowest BCUT2D eigenvalue weighted by atomic mass is 10.1. The van der Waals surface area contributed by atoms with Gasteiger partial charge < -0.3 is 4.52 Å². The number of aryl methyl sites for hydroxylation is 1. The summed E-state index contributed by atoms with van der Waals surface area (Å²) in [6.07, 6.45) is 0. The van der Waals surface area contributed by atoms with Gasteiger partial charge in [-0.15, -0.1) is 11.6 Å². The summed E-state index contributed by atoms with van der Waals surface area (Å²) in [7, 11) is 0.